The van der Waals surface area contributed by atoms with Crippen molar-refractivity contribution in [1.82, 2.24) is 4.98 Å². The number of rotatable bonds is 6. The van der Waals surface area contributed by atoms with Gasteiger partial charge in [0.05, 0.1) is 11.3 Å². The second kappa shape index (κ2) is 6.06. The summed E-state index contributed by atoms with van der Waals surface area (Å²) in [7, 11) is -3.48. The van der Waals surface area contributed by atoms with Gasteiger partial charge in [-0.15, -0.1) is 0 Å². The number of carbonyl (C=O) groups is 1. The summed E-state index contributed by atoms with van der Waals surface area (Å²) in [4.78, 5) is 15.2. The van der Waals surface area contributed by atoms with Crippen LogP contribution in [0.4, 0.5) is 5.82 Å². The Balaban J connectivity index is 2.22. The summed E-state index contributed by atoms with van der Waals surface area (Å²) < 4.78 is 21.7. The molecule has 8 heteroatoms. The first-order valence-corrected chi connectivity index (χ1v) is 7.95. The lowest BCUT2D eigenvalue weighted by Crippen LogP contribution is -2.19. The van der Waals surface area contributed by atoms with Crippen LogP contribution in [0.15, 0.2) is 30.5 Å². The highest BCUT2D eigenvalue weighted by Gasteiger charge is 2.12. The number of aromatic carboxylic acids is 1. The number of anilines is 1. The molecule has 0 aliphatic heterocycles. The molecule has 0 radical (unpaired) electrons. The number of fused-ring (bicyclic) bond motifs is 1. The Bertz CT molecular complexity index is 774. The predicted molar refractivity (Wildman–Crippen MR) is 79.8 cm³/mol. The molecule has 2 aromatic rings. The molecule has 0 atom stereocenters. The van der Waals surface area contributed by atoms with E-state index in [4.69, 9.17) is 10.2 Å². The van der Waals surface area contributed by atoms with Crippen molar-refractivity contribution in [3.05, 3.63) is 36.0 Å². The molecule has 1 aromatic carbocycles. The summed E-state index contributed by atoms with van der Waals surface area (Å²) in [5, 5.41) is 18.3. The van der Waals surface area contributed by atoms with E-state index >= 15 is 0 Å². The van der Waals surface area contributed by atoms with Crippen molar-refractivity contribution >= 4 is 32.6 Å². The molecule has 2 rings (SSSR count). The Hall–Kier alpha value is -2.19. The minimum atomic E-state index is -3.48. The standard InChI is InChI=1S/C13H15N3O4S/c14-21(19,20)7-3-6-15-12-10-5-2-1-4-9(10)11(8-16-12)13(17)18/h1-2,4-5,8H,3,6-7H2,(H,15,16)(H,17,18)(H2,14,19,20). The summed E-state index contributed by atoms with van der Waals surface area (Å²) in [5.41, 5.74) is 0.126. The first-order valence-electron chi connectivity index (χ1n) is 6.24. The number of hydrogen-bond acceptors (Lipinski definition) is 5. The fourth-order valence-electron chi connectivity index (χ4n) is 1.98. The van der Waals surface area contributed by atoms with Crippen LogP contribution in [0.2, 0.25) is 0 Å². The Morgan fingerprint density at radius 2 is 1.95 bits per heavy atom. The van der Waals surface area contributed by atoms with Gasteiger partial charge in [-0.05, 0) is 6.42 Å². The van der Waals surface area contributed by atoms with Crippen molar-refractivity contribution < 1.29 is 18.3 Å². The summed E-state index contributed by atoms with van der Waals surface area (Å²) in [5.74, 6) is -0.644. The minimum absolute atomic E-state index is 0.120. The van der Waals surface area contributed by atoms with E-state index in [1.54, 1.807) is 24.3 Å². The molecular formula is C13H15N3O4S. The number of carboxylic acids is 1. The van der Waals surface area contributed by atoms with Crippen LogP contribution >= 0.6 is 0 Å². The molecule has 0 unspecified atom stereocenters. The summed E-state index contributed by atoms with van der Waals surface area (Å²) in [6, 6.07) is 7.00. The molecule has 0 bridgehead atoms. The van der Waals surface area contributed by atoms with Crippen LogP contribution in [0.5, 0.6) is 0 Å². The molecule has 0 aliphatic rings. The van der Waals surface area contributed by atoms with Gasteiger partial charge < -0.3 is 10.4 Å². The number of aromatic nitrogens is 1. The number of carboxylic acid groups (broad SMARTS) is 1. The van der Waals surface area contributed by atoms with Gasteiger partial charge in [0, 0.05) is 23.5 Å². The average molecular weight is 309 g/mol. The molecule has 21 heavy (non-hydrogen) atoms. The first kappa shape index (κ1) is 15.2. The second-order valence-corrected chi connectivity index (χ2v) is 6.25. The summed E-state index contributed by atoms with van der Waals surface area (Å²) >= 11 is 0. The third kappa shape index (κ3) is 3.89. The molecule has 0 fully saturated rings. The molecule has 0 amide bonds. The number of benzene rings is 1. The number of nitrogens with zero attached hydrogens (tertiary/aromatic N) is 1. The van der Waals surface area contributed by atoms with Crippen molar-refractivity contribution in [3.8, 4) is 0 Å². The highest BCUT2D eigenvalue weighted by molar-refractivity contribution is 7.89. The molecule has 0 spiro atoms. The highest BCUT2D eigenvalue weighted by Crippen LogP contribution is 2.24. The SMILES string of the molecule is NS(=O)(=O)CCCNc1ncc(C(=O)O)c2ccccc12. The van der Waals surface area contributed by atoms with E-state index < -0.39 is 16.0 Å². The fraction of sp³-hybridized carbons (Fsp3) is 0.231. The quantitative estimate of drug-likeness (QED) is 0.685. The topological polar surface area (TPSA) is 122 Å². The highest BCUT2D eigenvalue weighted by atomic mass is 32.2. The molecule has 0 aliphatic carbocycles. The zero-order valence-electron chi connectivity index (χ0n) is 11.1. The number of sulfonamides is 1. The van der Waals surface area contributed by atoms with Gasteiger partial charge in [0.1, 0.15) is 5.82 Å². The van der Waals surface area contributed by atoms with E-state index in [2.05, 4.69) is 10.3 Å². The molecule has 112 valence electrons. The first-order chi connectivity index (χ1) is 9.88. The lowest BCUT2D eigenvalue weighted by Gasteiger charge is -2.10. The Kier molecular flexibility index (Phi) is 4.39. The van der Waals surface area contributed by atoms with Gasteiger partial charge >= 0.3 is 5.97 Å². The Labute approximate surface area is 121 Å². The summed E-state index contributed by atoms with van der Waals surface area (Å²) in [6.07, 6.45) is 1.63. The van der Waals surface area contributed by atoms with E-state index in [-0.39, 0.29) is 11.3 Å². The van der Waals surface area contributed by atoms with Crippen LogP contribution < -0.4 is 10.5 Å². The van der Waals surface area contributed by atoms with Gasteiger partial charge in [-0.1, -0.05) is 24.3 Å². The van der Waals surface area contributed by atoms with Crippen LogP contribution in [0, 0.1) is 0 Å². The van der Waals surface area contributed by atoms with Crippen LogP contribution in [0.3, 0.4) is 0 Å². The normalized spacial score (nSPS) is 11.5. The van der Waals surface area contributed by atoms with E-state index in [0.717, 1.165) is 0 Å². The van der Waals surface area contributed by atoms with Crippen molar-refractivity contribution in [2.45, 2.75) is 6.42 Å². The molecular weight excluding hydrogens is 294 g/mol. The number of primary sulfonamides is 1. The van der Waals surface area contributed by atoms with E-state index in [9.17, 15) is 13.2 Å². The average Bonchev–Trinajstić information content (AvgIpc) is 2.42. The largest absolute Gasteiger partial charge is 0.478 e. The molecule has 4 N–H and O–H groups in total. The van der Waals surface area contributed by atoms with Gasteiger partial charge in [-0.3, -0.25) is 0 Å². The van der Waals surface area contributed by atoms with E-state index in [1.807, 2.05) is 0 Å². The molecule has 0 saturated heterocycles. The number of hydrogen-bond donors (Lipinski definition) is 3. The Morgan fingerprint density at radius 1 is 1.29 bits per heavy atom. The predicted octanol–water partition coefficient (Wildman–Crippen LogP) is 1.02. The fourth-order valence-corrected chi connectivity index (χ4v) is 2.53. The second-order valence-electron chi connectivity index (χ2n) is 4.52. The van der Waals surface area contributed by atoms with Crippen molar-refractivity contribution in [3.63, 3.8) is 0 Å². The van der Waals surface area contributed by atoms with Crippen molar-refractivity contribution in [1.29, 1.82) is 0 Å². The van der Waals surface area contributed by atoms with Gasteiger partial charge in [-0.25, -0.2) is 23.3 Å². The maximum atomic E-state index is 11.2. The van der Waals surface area contributed by atoms with Crippen LogP contribution in [0.25, 0.3) is 10.8 Å². The smallest absolute Gasteiger partial charge is 0.337 e. The zero-order chi connectivity index (χ0) is 15.5. The van der Waals surface area contributed by atoms with Gasteiger partial charge in [-0.2, -0.15) is 0 Å². The molecule has 1 heterocycles. The van der Waals surface area contributed by atoms with Gasteiger partial charge in [0.2, 0.25) is 10.0 Å². The molecule has 1 aromatic heterocycles. The number of pyridine rings is 1. The monoisotopic (exact) mass is 309 g/mol. The van der Waals surface area contributed by atoms with Gasteiger partial charge in [0.15, 0.2) is 0 Å². The van der Waals surface area contributed by atoms with Crippen molar-refractivity contribution in [2.75, 3.05) is 17.6 Å². The van der Waals surface area contributed by atoms with Crippen LogP contribution in [0.1, 0.15) is 16.8 Å². The minimum Gasteiger partial charge on any atom is -0.478 e. The zero-order valence-corrected chi connectivity index (χ0v) is 11.9. The van der Waals surface area contributed by atoms with Crippen LogP contribution in [-0.2, 0) is 10.0 Å². The Morgan fingerprint density at radius 3 is 2.57 bits per heavy atom. The maximum Gasteiger partial charge on any atom is 0.337 e. The van der Waals surface area contributed by atoms with Crippen molar-refractivity contribution in [2.24, 2.45) is 5.14 Å². The summed E-state index contributed by atoms with van der Waals surface area (Å²) in [6.45, 7) is 0.375. The van der Waals surface area contributed by atoms with Gasteiger partial charge in [0.25, 0.3) is 0 Å². The lowest BCUT2D eigenvalue weighted by molar-refractivity contribution is 0.0698. The number of nitrogens with one attached hydrogen (secondary N) is 1. The van der Waals surface area contributed by atoms with E-state index in [0.29, 0.717) is 29.6 Å². The third-order valence-corrected chi connectivity index (χ3v) is 3.78. The van der Waals surface area contributed by atoms with Crippen LogP contribution in [-0.4, -0.2) is 36.8 Å². The van der Waals surface area contributed by atoms with E-state index in [1.165, 1.54) is 6.20 Å². The lowest BCUT2D eigenvalue weighted by atomic mass is 10.1. The number of nitrogens with two attached hydrogens (primary N) is 1. The molecule has 0 saturated carbocycles. The third-order valence-electron chi connectivity index (χ3n) is 2.92. The molecule has 7 nitrogen and oxygen atoms in total. The maximum absolute atomic E-state index is 11.2.